The van der Waals surface area contributed by atoms with Crippen LogP contribution in [0.2, 0.25) is 5.02 Å². The highest BCUT2D eigenvalue weighted by Gasteiger charge is 2.44. The molecule has 0 bridgehead atoms. The van der Waals surface area contributed by atoms with Gasteiger partial charge in [-0.2, -0.15) is 0 Å². The van der Waals surface area contributed by atoms with Crippen LogP contribution in [0.15, 0.2) is 11.4 Å². The molecular weight excluding hydrogens is 288 g/mol. The fourth-order valence-electron chi connectivity index (χ4n) is 3.50. The molecule has 0 aromatic carbocycles. The first kappa shape index (κ1) is 16.3. The van der Waals surface area contributed by atoms with Crippen molar-refractivity contribution in [2.45, 2.75) is 51.1 Å². The number of thiophene rings is 1. The van der Waals surface area contributed by atoms with Crippen LogP contribution in [0.3, 0.4) is 0 Å². The highest BCUT2D eigenvalue weighted by atomic mass is 35.5. The van der Waals surface area contributed by atoms with Crippen molar-refractivity contribution in [2.24, 2.45) is 5.92 Å². The zero-order chi connectivity index (χ0) is 14.8. The van der Waals surface area contributed by atoms with Crippen LogP contribution in [-0.2, 0) is 0 Å². The van der Waals surface area contributed by atoms with Gasteiger partial charge in [0.25, 0.3) is 0 Å². The second-order valence-electron chi connectivity index (χ2n) is 6.30. The Hall–Kier alpha value is -0.0900. The van der Waals surface area contributed by atoms with E-state index < -0.39 is 0 Å². The van der Waals surface area contributed by atoms with Crippen LogP contribution in [-0.4, -0.2) is 31.1 Å². The lowest BCUT2D eigenvalue weighted by Crippen LogP contribution is -2.55. The molecule has 1 unspecified atom stereocenters. The Morgan fingerprint density at radius 3 is 2.55 bits per heavy atom. The van der Waals surface area contributed by atoms with Crippen LogP contribution >= 0.6 is 22.9 Å². The molecule has 1 saturated carbocycles. The number of hydrogen-bond donors (Lipinski definition) is 1. The SMILES string of the molecule is CCNC(c1sccc1Cl)C1(N(C)C)CCC(C)CC1. The first-order chi connectivity index (χ1) is 9.51. The third-order valence-corrected chi connectivity index (χ3v) is 6.31. The molecule has 0 amide bonds. The third kappa shape index (κ3) is 3.06. The predicted molar refractivity (Wildman–Crippen MR) is 89.8 cm³/mol. The minimum Gasteiger partial charge on any atom is -0.308 e. The van der Waals surface area contributed by atoms with E-state index in [1.165, 1.54) is 30.6 Å². The number of likely N-dealkylation sites (N-methyl/N-ethyl adjacent to an activating group) is 2. The van der Waals surface area contributed by atoms with E-state index in [0.717, 1.165) is 17.5 Å². The van der Waals surface area contributed by atoms with E-state index in [4.69, 9.17) is 11.6 Å². The summed E-state index contributed by atoms with van der Waals surface area (Å²) in [5, 5.41) is 6.74. The Labute approximate surface area is 132 Å². The maximum Gasteiger partial charge on any atom is 0.0616 e. The van der Waals surface area contributed by atoms with Crippen LogP contribution < -0.4 is 5.32 Å². The second-order valence-corrected chi connectivity index (χ2v) is 7.66. The van der Waals surface area contributed by atoms with Gasteiger partial charge in [0.15, 0.2) is 0 Å². The molecule has 1 atom stereocenters. The van der Waals surface area contributed by atoms with E-state index in [1.807, 2.05) is 6.07 Å². The van der Waals surface area contributed by atoms with Gasteiger partial charge in [0.1, 0.15) is 0 Å². The minimum absolute atomic E-state index is 0.191. The molecule has 1 heterocycles. The van der Waals surface area contributed by atoms with Gasteiger partial charge in [0.05, 0.1) is 11.1 Å². The molecule has 20 heavy (non-hydrogen) atoms. The summed E-state index contributed by atoms with van der Waals surface area (Å²) in [6.07, 6.45) is 5.10. The summed E-state index contributed by atoms with van der Waals surface area (Å²) in [7, 11) is 4.45. The van der Waals surface area contributed by atoms with Crippen molar-refractivity contribution >= 4 is 22.9 Å². The largest absolute Gasteiger partial charge is 0.308 e. The monoisotopic (exact) mass is 314 g/mol. The molecule has 0 spiro atoms. The van der Waals surface area contributed by atoms with Crippen molar-refractivity contribution in [1.29, 1.82) is 0 Å². The molecule has 1 fully saturated rings. The van der Waals surface area contributed by atoms with Gasteiger partial charge in [-0.3, -0.25) is 0 Å². The third-order valence-electron chi connectivity index (χ3n) is 4.88. The lowest BCUT2D eigenvalue weighted by molar-refractivity contribution is 0.0446. The molecule has 1 aliphatic rings. The molecule has 0 radical (unpaired) electrons. The number of halogens is 1. The molecule has 4 heteroatoms. The first-order valence-electron chi connectivity index (χ1n) is 7.65. The molecule has 1 aliphatic carbocycles. The van der Waals surface area contributed by atoms with Crippen LogP contribution in [0, 0.1) is 5.92 Å². The smallest absolute Gasteiger partial charge is 0.0616 e. The zero-order valence-electron chi connectivity index (χ0n) is 13.1. The summed E-state index contributed by atoms with van der Waals surface area (Å²) >= 11 is 8.22. The molecule has 2 nitrogen and oxygen atoms in total. The fourth-order valence-corrected chi connectivity index (χ4v) is 4.85. The topological polar surface area (TPSA) is 15.3 Å². The first-order valence-corrected chi connectivity index (χ1v) is 8.90. The molecule has 1 aromatic rings. The van der Waals surface area contributed by atoms with E-state index in [-0.39, 0.29) is 5.54 Å². The lowest BCUT2D eigenvalue weighted by Gasteiger charge is -2.49. The highest BCUT2D eigenvalue weighted by molar-refractivity contribution is 7.10. The number of nitrogens with zero attached hydrogens (tertiary/aromatic N) is 1. The average Bonchev–Trinajstić information content (AvgIpc) is 2.83. The quantitative estimate of drug-likeness (QED) is 0.857. The van der Waals surface area contributed by atoms with Gasteiger partial charge in [-0.05, 0) is 63.7 Å². The van der Waals surface area contributed by atoms with Gasteiger partial charge >= 0.3 is 0 Å². The molecule has 1 N–H and O–H groups in total. The van der Waals surface area contributed by atoms with Crippen LogP contribution in [0.5, 0.6) is 0 Å². The molecule has 114 valence electrons. The van der Waals surface area contributed by atoms with Crippen molar-refractivity contribution in [2.75, 3.05) is 20.6 Å². The van der Waals surface area contributed by atoms with Gasteiger partial charge in [0.2, 0.25) is 0 Å². The summed E-state index contributed by atoms with van der Waals surface area (Å²) in [5.41, 5.74) is 0.191. The van der Waals surface area contributed by atoms with Gasteiger partial charge < -0.3 is 10.2 Å². The van der Waals surface area contributed by atoms with Gasteiger partial charge in [-0.25, -0.2) is 0 Å². The Balaban J connectivity index is 2.36. The van der Waals surface area contributed by atoms with Crippen molar-refractivity contribution in [3.05, 3.63) is 21.3 Å². The number of hydrogen-bond acceptors (Lipinski definition) is 3. The predicted octanol–water partition coefficient (Wildman–Crippen LogP) is 4.56. The minimum atomic E-state index is 0.191. The van der Waals surface area contributed by atoms with Crippen molar-refractivity contribution < 1.29 is 0 Å². The van der Waals surface area contributed by atoms with E-state index in [0.29, 0.717) is 6.04 Å². The van der Waals surface area contributed by atoms with Crippen LogP contribution in [0.4, 0.5) is 0 Å². The normalized spacial score (nSPS) is 28.8. The zero-order valence-corrected chi connectivity index (χ0v) is 14.7. The van der Waals surface area contributed by atoms with E-state index in [2.05, 4.69) is 43.5 Å². The Kier molecular flexibility index (Phi) is 5.52. The summed E-state index contributed by atoms with van der Waals surface area (Å²) in [4.78, 5) is 3.74. The summed E-state index contributed by atoms with van der Waals surface area (Å²) < 4.78 is 0. The maximum absolute atomic E-state index is 6.44. The Bertz CT molecular complexity index is 422. The highest BCUT2D eigenvalue weighted by Crippen LogP contribution is 2.46. The summed E-state index contributed by atoms with van der Waals surface area (Å²) in [6.45, 7) is 5.54. The van der Waals surface area contributed by atoms with Crippen molar-refractivity contribution in [3.8, 4) is 0 Å². The standard InChI is InChI=1S/C16H27ClN2S/c1-5-18-15(14-13(17)8-11-20-14)16(19(3)4)9-6-12(2)7-10-16/h8,11-12,15,18H,5-7,9-10H2,1-4H3. The van der Waals surface area contributed by atoms with E-state index in [1.54, 1.807) is 11.3 Å². The number of rotatable bonds is 5. The van der Waals surface area contributed by atoms with E-state index in [9.17, 15) is 0 Å². The molecular formula is C16H27ClN2S. The average molecular weight is 315 g/mol. The lowest BCUT2D eigenvalue weighted by atomic mass is 9.71. The fraction of sp³-hybridized carbons (Fsp3) is 0.750. The Morgan fingerprint density at radius 2 is 2.10 bits per heavy atom. The second kappa shape index (κ2) is 6.78. The Morgan fingerprint density at radius 1 is 1.45 bits per heavy atom. The number of nitrogens with one attached hydrogen (secondary N) is 1. The summed E-state index contributed by atoms with van der Waals surface area (Å²) in [5.74, 6) is 0.851. The van der Waals surface area contributed by atoms with Crippen molar-refractivity contribution in [3.63, 3.8) is 0 Å². The van der Waals surface area contributed by atoms with Gasteiger partial charge in [-0.15, -0.1) is 11.3 Å². The molecule has 0 aliphatic heterocycles. The molecule has 1 aromatic heterocycles. The van der Waals surface area contributed by atoms with Gasteiger partial charge in [0, 0.05) is 10.4 Å². The van der Waals surface area contributed by atoms with Crippen LogP contribution in [0.25, 0.3) is 0 Å². The van der Waals surface area contributed by atoms with Crippen LogP contribution in [0.1, 0.15) is 50.4 Å². The van der Waals surface area contributed by atoms with Crippen molar-refractivity contribution in [1.82, 2.24) is 10.2 Å². The van der Waals surface area contributed by atoms with Gasteiger partial charge in [-0.1, -0.05) is 25.4 Å². The molecule has 2 rings (SSSR count). The molecule has 0 saturated heterocycles. The summed E-state index contributed by atoms with van der Waals surface area (Å²) in [6, 6.07) is 2.36. The van der Waals surface area contributed by atoms with E-state index >= 15 is 0 Å². The maximum atomic E-state index is 6.44.